The highest BCUT2D eigenvalue weighted by Gasteiger charge is 2.32. The molecule has 2 aromatic rings. The molecule has 0 saturated heterocycles. The van der Waals surface area contributed by atoms with E-state index in [1.807, 2.05) is 0 Å². The predicted molar refractivity (Wildman–Crippen MR) is 103 cm³/mol. The topological polar surface area (TPSA) is 104 Å². The predicted octanol–water partition coefficient (Wildman–Crippen LogP) is 3.11. The van der Waals surface area contributed by atoms with Crippen LogP contribution in [-0.4, -0.2) is 36.1 Å². The van der Waals surface area contributed by atoms with Gasteiger partial charge in [-0.3, -0.25) is 9.59 Å². The number of cyclic esters (lactones) is 2. The first-order valence-corrected chi connectivity index (χ1v) is 9.00. The van der Waals surface area contributed by atoms with Crippen LogP contribution in [0.25, 0.3) is 10.8 Å². The highest BCUT2D eigenvalue weighted by molar-refractivity contribution is 6.25. The van der Waals surface area contributed by atoms with Gasteiger partial charge >= 0.3 is 17.9 Å². The largest absolute Gasteiger partial charge is 0.462 e. The fourth-order valence-electron chi connectivity index (χ4n) is 3.28. The number of ketones is 2. The van der Waals surface area contributed by atoms with Gasteiger partial charge in [-0.15, -0.1) is 0 Å². The molecule has 0 N–H and O–H groups in total. The molecule has 0 atom stereocenters. The minimum Gasteiger partial charge on any atom is -0.462 e. The number of hydrogen-bond donors (Lipinski definition) is 0. The van der Waals surface area contributed by atoms with Crippen molar-refractivity contribution in [1.29, 1.82) is 0 Å². The Labute approximate surface area is 166 Å². The summed E-state index contributed by atoms with van der Waals surface area (Å²) in [5.74, 6) is -2.89. The lowest BCUT2D eigenvalue weighted by molar-refractivity contribution is -0.138. The number of carbonyl (C=O) groups excluding carboxylic acids is 5. The average Bonchev–Trinajstić information content (AvgIpc) is 2.70. The summed E-state index contributed by atoms with van der Waals surface area (Å²) in [7, 11) is 0. The fraction of sp³-hybridized carbons (Fsp3) is 0.227. The van der Waals surface area contributed by atoms with Gasteiger partial charge < -0.3 is 9.47 Å². The van der Waals surface area contributed by atoms with E-state index in [4.69, 9.17) is 9.47 Å². The Balaban J connectivity index is 1.83. The second-order valence-corrected chi connectivity index (χ2v) is 6.60. The first kappa shape index (κ1) is 20.1. The molecule has 1 aliphatic heterocycles. The van der Waals surface area contributed by atoms with Gasteiger partial charge in [0.2, 0.25) is 0 Å². The third-order valence-electron chi connectivity index (χ3n) is 4.70. The number of hydrogen-bond acceptors (Lipinski definition) is 7. The Morgan fingerprint density at radius 3 is 2.59 bits per heavy atom. The van der Waals surface area contributed by atoms with Crippen molar-refractivity contribution in [2.75, 3.05) is 6.61 Å². The molecule has 148 valence electrons. The van der Waals surface area contributed by atoms with Crippen molar-refractivity contribution in [2.45, 2.75) is 26.2 Å². The number of esters is 3. The molecule has 0 aromatic heterocycles. The van der Waals surface area contributed by atoms with Crippen molar-refractivity contribution in [3.63, 3.8) is 0 Å². The SMILES string of the molecule is C=CC(=O)OCCC(=O)CCC(=O)c1cc(C)c2cccc3c2c1C(=O)OC3=O. The van der Waals surface area contributed by atoms with Gasteiger partial charge in [-0.1, -0.05) is 18.7 Å². The van der Waals surface area contributed by atoms with E-state index >= 15 is 0 Å². The van der Waals surface area contributed by atoms with Crippen molar-refractivity contribution >= 4 is 40.2 Å². The van der Waals surface area contributed by atoms with Crippen LogP contribution in [0.4, 0.5) is 0 Å². The molecule has 1 heterocycles. The smallest absolute Gasteiger partial charge is 0.347 e. The zero-order valence-corrected chi connectivity index (χ0v) is 15.8. The Morgan fingerprint density at radius 1 is 1.10 bits per heavy atom. The Morgan fingerprint density at radius 2 is 1.86 bits per heavy atom. The molecule has 0 amide bonds. The van der Waals surface area contributed by atoms with Gasteiger partial charge in [0.05, 0.1) is 17.7 Å². The zero-order valence-electron chi connectivity index (χ0n) is 15.8. The van der Waals surface area contributed by atoms with Crippen LogP contribution < -0.4 is 0 Å². The van der Waals surface area contributed by atoms with Crippen LogP contribution in [0, 0.1) is 6.92 Å². The molecule has 2 aromatic carbocycles. The monoisotopic (exact) mass is 394 g/mol. The Kier molecular flexibility index (Phi) is 5.68. The summed E-state index contributed by atoms with van der Waals surface area (Å²) in [6.45, 7) is 4.95. The van der Waals surface area contributed by atoms with Gasteiger partial charge in [0.25, 0.3) is 0 Å². The quantitative estimate of drug-likeness (QED) is 0.293. The molecule has 3 rings (SSSR count). The summed E-state index contributed by atoms with van der Waals surface area (Å²) in [6.07, 6.45) is 0.809. The minimum absolute atomic E-state index is 0.0167. The molecular formula is C22H18O7. The summed E-state index contributed by atoms with van der Waals surface area (Å²) in [5.41, 5.74) is 1.15. The van der Waals surface area contributed by atoms with Crippen molar-refractivity contribution < 1.29 is 33.4 Å². The zero-order chi connectivity index (χ0) is 21.1. The fourth-order valence-corrected chi connectivity index (χ4v) is 3.28. The number of ether oxygens (including phenoxy) is 2. The van der Waals surface area contributed by atoms with Crippen LogP contribution in [0.5, 0.6) is 0 Å². The minimum atomic E-state index is -0.871. The number of carbonyl (C=O) groups is 5. The Hall–Kier alpha value is -3.61. The molecule has 0 radical (unpaired) electrons. The third-order valence-corrected chi connectivity index (χ3v) is 4.70. The van der Waals surface area contributed by atoms with E-state index in [-0.39, 0.29) is 48.3 Å². The van der Waals surface area contributed by atoms with Gasteiger partial charge in [0, 0.05) is 36.3 Å². The molecule has 7 nitrogen and oxygen atoms in total. The van der Waals surface area contributed by atoms with Crippen molar-refractivity contribution in [1.82, 2.24) is 0 Å². The Bertz CT molecular complexity index is 1080. The van der Waals surface area contributed by atoms with Gasteiger partial charge in [-0.25, -0.2) is 14.4 Å². The standard InChI is InChI=1S/C22H18O7/c1-3-18(25)28-10-9-13(23)7-8-17(24)16-11-12(2)14-5-4-6-15-19(14)20(16)22(27)29-21(15)26/h3-6,11H,1,7-10H2,2H3. The lowest BCUT2D eigenvalue weighted by atomic mass is 9.88. The molecule has 0 bridgehead atoms. The summed E-state index contributed by atoms with van der Waals surface area (Å²) in [4.78, 5) is 60.1. The molecule has 0 saturated carbocycles. The van der Waals surface area contributed by atoms with E-state index < -0.39 is 23.7 Å². The first-order chi connectivity index (χ1) is 13.8. The van der Waals surface area contributed by atoms with E-state index in [1.54, 1.807) is 31.2 Å². The maximum atomic E-state index is 12.8. The molecule has 7 heteroatoms. The van der Waals surface area contributed by atoms with E-state index in [1.165, 1.54) is 0 Å². The average molecular weight is 394 g/mol. The highest BCUT2D eigenvalue weighted by atomic mass is 16.6. The molecule has 0 unspecified atom stereocenters. The molecular weight excluding hydrogens is 376 g/mol. The van der Waals surface area contributed by atoms with Crippen LogP contribution in [0.1, 0.15) is 55.9 Å². The third kappa shape index (κ3) is 3.99. The number of rotatable bonds is 8. The van der Waals surface area contributed by atoms with Gasteiger partial charge in [-0.05, 0) is 30.0 Å². The van der Waals surface area contributed by atoms with Gasteiger partial charge in [0.1, 0.15) is 5.78 Å². The van der Waals surface area contributed by atoms with Crippen molar-refractivity contribution in [2.24, 2.45) is 0 Å². The second kappa shape index (κ2) is 8.18. The lowest BCUT2D eigenvalue weighted by Crippen LogP contribution is -2.23. The van der Waals surface area contributed by atoms with Gasteiger partial charge in [0.15, 0.2) is 5.78 Å². The highest BCUT2D eigenvalue weighted by Crippen LogP contribution is 2.34. The van der Waals surface area contributed by atoms with E-state index in [0.717, 1.165) is 11.6 Å². The summed E-state index contributed by atoms with van der Waals surface area (Å²) in [5, 5.41) is 1.10. The van der Waals surface area contributed by atoms with Crippen LogP contribution in [0.3, 0.4) is 0 Å². The summed E-state index contributed by atoms with van der Waals surface area (Å²) < 4.78 is 9.53. The lowest BCUT2D eigenvalue weighted by Gasteiger charge is -2.19. The van der Waals surface area contributed by atoms with E-state index in [0.29, 0.717) is 10.8 Å². The van der Waals surface area contributed by atoms with Crippen LogP contribution in [-0.2, 0) is 19.1 Å². The number of Topliss-reactive ketones (excluding diaryl/α,β-unsaturated/α-hetero) is 2. The normalized spacial score (nSPS) is 12.4. The first-order valence-electron chi connectivity index (χ1n) is 9.00. The molecule has 0 aliphatic carbocycles. The molecule has 0 fully saturated rings. The summed E-state index contributed by atoms with van der Waals surface area (Å²) >= 11 is 0. The van der Waals surface area contributed by atoms with Crippen LogP contribution >= 0.6 is 0 Å². The second-order valence-electron chi connectivity index (χ2n) is 6.60. The maximum absolute atomic E-state index is 12.8. The molecule has 29 heavy (non-hydrogen) atoms. The van der Waals surface area contributed by atoms with Gasteiger partial charge in [-0.2, -0.15) is 0 Å². The van der Waals surface area contributed by atoms with E-state index in [2.05, 4.69) is 6.58 Å². The summed E-state index contributed by atoms with van der Waals surface area (Å²) in [6, 6.07) is 6.58. The molecule has 0 spiro atoms. The van der Waals surface area contributed by atoms with Crippen LogP contribution in [0.15, 0.2) is 36.9 Å². The number of aryl methyl sites for hydroxylation is 1. The van der Waals surface area contributed by atoms with Crippen LogP contribution in [0.2, 0.25) is 0 Å². The van der Waals surface area contributed by atoms with E-state index in [9.17, 15) is 24.0 Å². The van der Waals surface area contributed by atoms with Crippen molar-refractivity contribution in [3.8, 4) is 0 Å². The maximum Gasteiger partial charge on any atom is 0.347 e. The number of benzene rings is 2. The van der Waals surface area contributed by atoms with Crippen molar-refractivity contribution in [3.05, 3.63) is 59.2 Å². The molecule has 1 aliphatic rings.